The number of nitrogens with one attached hydrogen (secondary N) is 1. The molecule has 2 N–H and O–H groups in total. The number of hydrogen-bond donors (Lipinski definition) is 2. The van der Waals surface area contributed by atoms with Crippen molar-refractivity contribution in [2.24, 2.45) is 0 Å². The normalized spacial score (nSPS) is 11.7. The van der Waals surface area contributed by atoms with E-state index in [0.29, 0.717) is 10.8 Å². The molecule has 0 radical (unpaired) electrons. The second-order valence-electron chi connectivity index (χ2n) is 6.35. The fourth-order valence-corrected chi connectivity index (χ4v) is 2.99. The van der Waals surface area contributed by atoms with Gasteiger partial charge in [-0.05, 0) is 42.5 Å². The third-order valence-corrected chi connectivity index (χ3v) is 4.36. The molecule has 1 heterocycles. The second kappa shape index (κ2) is 9.06. The number of nitrogens with zero attached hydrogens (tertiary/aromatic N) is 1. The van der Waals surface area contributed by atoms with Gasteiger partial charge in [0.05, 0.1) is 10.6 Å². The van der Waals surface area contributed by atoms with E-state index in [1.165, 1.54) is 18.3 Å². The molecular weight excluding hydrogens is 482 g/mol. The molecule has 13 heteroatoms. The first kappa shape index (κ1) is 24.0. The van der Waals surface area contributed by atoms with E-state index >= 15 is 0 Å². The lowest BCUT2D eigenvalue weighted by molar-refractivity contribution is -0.904. The molecule has 0 aliphatic rings. The number of carbonyl (C=O) groups is 1. The summed E-state index contributed by atoms with van der Waals surface area (Å²) in [6.45, 7) is 0. The van der Waals surface area contributed by atoms with Crippen molar-refractivity contribution in [2.75, 3.05) is 5.32 Å². The maximum atomic E-state index is 13.3. The van der Waals surface area contributed by atoms with Crippen LogP contribution in [-0.2, 0) is 6.18 Å². The van der Waals surface area contributed by atoms with Gasteiger partial charge in [0.15, 0.2) is 0 Å². The molecule has 0 fully saturated rings. The molecule has 0 aliphatic heterocycles. The van der Waals surface area contributed by atoms with Crippen molar-refractivity contribution < 1.29 is 50.5 Å². The minimum Gasteiger partial charge on any atom is -0.456 e. The van der Waals surface area contributed by atoms with Crippen molar-refractivity contribution in [3.05, 3.63) is 77.1 Å². The van der Waals surface area contributed by atoms with Gasteiger partial charge in [-0.15, -0.1) is 13.2 Å². The first-order valence-electron chi connectivity index (χ1n) is 8.79. The van der Waals surface area contributed by atoms with Crippen LogP contribution in [0.4, 0.5) is 32.0 Å². The average molecular weight is 494 g/mol. The highest BCUT2D eigenvalue weighted by molar-refractivity contribution is 6.35. The van der Waals surface area contributed by atoms with Gasteiger partial charge in [0.25, 0.3) is 5.91 Å². The number of pyridine rings is 1. The lowest BCUT2D eigenvalue weighted by Crippen LogP contribution is -2.29. The first-order chi connectivity index (χ1) is 15.3. The quantitative estimate of drug-likeness (QED) is 0.267. The standard InChI is InChI=1S/C20H11ClF6N2O4/c21-17-14(19(22,23)24)7-8-15(16(17)18(30)28-11-2-1-9-29(31)10-11)32-12-3-5-13(6-4-12)33-20(25,26)27/h1-10H,(H-,28,30,31)/p+1. The molecule has 0 saturated heterocycles. The van der Waals surface area contributed by atoms with Crippen LogP contribution in [0.2, 0.25) is 5.02 Å². The first-order valence-corrected chi connectivity index (χ1v) is 9.16. The number of rotatable bonds is 5. The summed E-state index contributed by atoms with van der Waals surface area (Å²) in [7, 11) is 0. The van der Waals surface area contributed by atoms with E-state index in [4.69, 9.17) is 16.3 Å². The van der Waals surface area contributed by atoms with Crippen molar-refractivity contribution in [2.45, 2.75) is 12.5 Å². The summed E-state index contributed by atoms with van der Waals surface area (Å²) in [6, 6.07) is 8.09. The van der Waals surface area contributed by atoms with Gasteiger partial charge in [0, 0.05) is 10.8 Å². The van der Waals surface area contributed by atoms with E-state index in [0.717, 1.165) is 36.5 Å². The van der Waals surface area contributed by atoms with E-state index in [9.17, 15) is 36.3 Å². The summed E-state index contributed by atoms with van der Waals surface area (Å²) in [6.07, 6.45) is -7.51. The number of hydrogen-bond acceptors (Lipinski definition) is 4. The van der Waals surface area contributed by atoms with Crippen LogP contribution in [0.5, 0.6) is 17.2 Å². The van der Waals surface area contributed by atoms with Crippen LogP contribution >= 0.6 is 11.6 Å². The molecular formula is C20H12ClF6N2O4+. The Morgan fingerprint density at radius 1 is 0.970 bits per heavy atom. The van der Waals surface area contributed by atoms with E-state index in [1.54, 1.807) is 0 Å². The van der Waals surface area contributed by atoms with Crippen LogP contribution < -0.4 is 19.5 Å². The molecule has 174 valence electrons. The van der Waals surface area contributed by atoms with Gasteiger partial charge in [-0.2, -0.15) is 13.2 Å². The van der Waals surface area contributed by atoms with Crippen LogP contribution in [0.25, 0.3) is 0 Å². The van der Waals surface area contributed by atoms with E-state index in [1.807, 2.05) is 0 Å². The molecule has 33 heavy (non-hydrogen) atoms. The molecule has 0 atom stereocenters. The van der Waals surface area contributed by atoms with Crippen molar-refractivity contribution in [3.63, 3.8) is 0 Å². The topological polar surface area (TPSA) is 71.7 Å². The zero-order valence-electron chi connectivity index (χ0n) is 16.0. The number of halogens is 7. The van der Waals surface area contributed by atoms with Crippen molar-refractivity contribution >= 4 is 23.2 Å². The number of amides is 1. The Morgan fingerprint density at radius 2 is 1.61 bits per heavy atom. The average Bonchev–Trinajstić information content (AvgIpc) is 2.67. The van der Waals surface area contributed by atoms with Gasteiger partial charge in [-0.1, -0.05) is 11.6 Å². The Balaban J connectivity index is 1.97. The summed E-state index contributed by atoms with van der Waals surface area (Å²) in [4.78, 5) is 12.8. The molecule has 6 nitrogen and oxygen atoms in total. The van der Waals surface area contributed by atoms with Crippen molar-refractivity contribution in [1.29, 1.82) is 0 Å². The van der Waals surface area contributed by atoms with E-state index < -0.39 is 46.1 Å². The minimum absolute atomic E-state index is 0.0260. The van der Waals surface area contributed by atoms with Gasteiger partial charge < -0.3 is 14.8 Å². The molecule has 0 aliphatic carbocycles. The molecule has 1 amide bonds. The van der Waals surface area contributed by atoms with Gasteiger partial charge in [-0.3, -0.25) is 10.0 Å². The Kier molecular flexibility index (Phi) is 6.58. The predicted octanol–water partition coefficient (Wildman–Crippen LogP) is 5.83. The fourth-order valence-electron chi connectivity index (χ4n) is 2.64. The monoisotopic (exact) mass is 493 g/mol. The number of ether oxygens (including phenoxy) is 2. The maximum absolute atomic E-state index is 13.3. The molecule has 3 aromatic rings. The molecule has 0 unspecified atom stereocenters. The SMILES string of the molecule is O=C(Nc1ccc[n+](O)c1)c1c(Oc2ccc(OC(F)(F)F)cc2)ccc(C(F)(F)F)c1Cl. The second-order valence-corrected chi connectivity index (χ2v) is 6.72. The highest BCUT2D eigenvalue weighted by atomic mass is 35.5. The smallest absolute Gasteiger partial charge is 0.456 e. The number of aromatic nitrogens is 1. The Bertz CT molecular complexity index is 1170. The fraction of sp³-hybridized carbons (Fsp3) is 0.100. The van der Waals surface area contributed by atoms with Gasteiger partial charge in [-0.25, -0.2) is 0 Å². The highest BCUT2D eigenvalue weighted by Crippen LogP contribution is 2.41. The Labute approximate surface area is 186 Å². The largest absolute Gasteiger partial charge is 0.573 e. The summed E-state index contributed by atoms with van der Waals surface area (Å²) >= 11 is 5.89. The Hall–Kier alpha value is -3.67. The van der Waals surface area contributed by atoms with E-state index in [2.05, 4.69) is 10.1 Å². The van der Waals surface area contributed by atoms with Crippen LogP contribution in [0.1, 0.15) is 15.9 Å². The van der Waals surface area contributed by atoms with E-state index in [-0.39, 0.29) is 11.4 Å². The predicted molar refractivity (Wildman–Crippen MR) is 101 cm³/mol. The molecule has 2 aromatic carbocycles. The highest BCUT2D eigenvalue weighted by Gasteiger charge is 2.36. The summed E-state index contributed by atoms with van der Waals surface area (Å²) < 4.78 is 86.6. The third-order valence-electron chi connectivity index (χ3n) is 3.97. The summed E-state index contributed by atoms with van der Waals surface area (Å²) in [5.74, 6) is -2.16. The van der Waals surface area contributed by atoms with Crippen LogP contribution in [-0.4, -0.2) is 17.5 Å². The van der Waals surface area contributed by atoms with Crippen LogP contribution in [0.3, 0.4) is 0 Å². The zero-order valence-corrected chi connectivity index (χ0v) is 16.8. The van der Waals surface area contributed by atoms with Gasteiger partial charge >= 0.3 is 12.5 Å². The number of anilines is 1. The number of benzene rings is 2. The van der Waals surface area contributed by atoms with Gasteiger partial charge in [0.2, 0.25) is 12.4 Å². The van der Waals surface area contributed by atoms with Crippen LogP contribution in [0, 0.1) is 0 Å². The molecule has 1 aromatic heterocycles. The lowest BCUT2D eigenvalue weighted by atomic mass is 10.1. The molecule has 3 rings (SSSR count). The molecule has 0 spiro atoms. The maximum Gasteiger partial charge on any atom is 0.573 e. The van der Waals surface area contributed by atoms with Gasteiger partial charge in [0.1, 0.15) is 28.5 Å². The molecule has 0 bridgehead atoms. The zero-order chi connectivity index (χ0) is 24.4. The summed E-state index contributed by atoms with van der Waals surface area (Å²) in [5.41, 5.74) is -1.96. The number of alkyl halides is 6. The number of carbonyl (C=O) groups excluding carboxylic acids is 1. The van der Waals surface area contributed by atoms with Crippen molar-refractivity contribution in [3.8, 4) is 17.2 Å². The third kappa shape index (κ3) is 6.19. The Morgan fingerprint density at radius 3 is 2.18 bits per heavy atom. The minimum atomic E-state index is -4.92. The summed E-state index contributed by atoms with van der Waals surface area (Å²) in [5, 5.41) is 10.8. The van der Waals surface area contributed by atoms with Crippen molar-refractivity contribution in [1.82, 2.24) is 0 Å². The lowest BCUT2D eigenvalue weighted by Gasteiger charge is -2.17. The van der Waals surface area contributed by atoms with Crippen LogP contribution in [0.15, 0.2) is 60.9 Å². The molecule has 0 saturated carbocycles.